The molecule has 0 aliphatic heterocycles. The van der Waals surface area contributed by atoms with Crippen LogP contribution in [-0.2, 0) is 4.79 Å². The molecule has 2 N–H and O–H groups in total. The maximum atomic E-state index is 13.0. The molecule has 4 aromatic rings. The highest BCUT2D eigenvalue weighted by Crippen LogP contribution is 2.37. The Morgan fingerprint density at radius 1 is 0.875 bits per heavy atom. The van der Waals surface area contributed by atoms with Crippen molar-refractivity contribution in [3.05, 3.63) is 112 Å². The van der Waals surface area contributed by atoms with E-state index in [1.165, 1.54) is 11.3 Å². The van der Waals surface area contributed by atoms with Crippen molar-refractivity contribution in [1.29, 1.82) is 0 Å². The number of benzene rings is 3. The second-order valence-electron chi connectivity index (χ2n) is 7.29. The van der Waals surface area contributed by atoms with Gasteiger partial charge in [0.1, 0.15) is 5.56 Å². The van der Waals surface area contributed by atoms with E-state index in [4.69, 9.17) is 11.6 Å². The Hall–Kier alpha value is -3.41. The van der Waals surface area contributed by atoms with E-state index in [-0.39, 0.29) is 23.8 Å². The first-order valence-electron chi connectivity index (χ1n) is 10.0. The molecule has 0 aliphatic rings. The zero-order chi connectivity index (χ0) is 22.5. The molecule has 0 saturated carbocycles. The van der Waals surface area contributed by atoms with E-state index in [1.54, 1.807) is 29.6 Å². The van der Waals surface area contributed by atoms with Crippen LogP contribution in [0.5, 0.6) is 0 Å². The molecule has 1 amide bonds. The Labute approximate surface area is 195 Å². The number of anilines is 1. The number of halogens is 1. The molecule has 0 aliphatic carbocycles. The Bertz CT molecular complexity index is 1180. The average molecular weight is 462 g/mol. The van der Waals surface area contributed by atoms with Gasteiger partial charge in [-0.15, -0.1) is 11.3 Å². The number of rotatable bonds is 7. The molecule has 1 heterocycles. The van der Waals surface area contributed by atoms with Gasteiger partial charge in [0.2, 0.25) is 5.91 Å². The Kier molecular flexibility index (Phi) is 6.69. The van der Waals surface area contributed by atoms with Gasteiger partial charge in [-0.3, -0.25) is 4.79 Å². The summed E-state index contributed by atoms with van der Waals surface area (Å²) in [4.78, 5) is 25.6. The van der Waals surface area contributed by atoms with E-state index in [2.05, 4.69) is 5.32 Å². The summed E-state index contributed by atoms with van der Waals surface area (Å²) in [6.07, 6.45) is 0.194. The fourth-order valence-electron chi connectivity index (χ4n) is 3.66. The van der Waals surface area contributed by atoms with Gasteiger partial charge >= 0.3 is 5.97 Å². The molecular formula is C26H20ClNO3S. The predicted octanol–water partition coefficient (Wildman–Crippen LogP) is 6.93. The molecule has 0 atom stereocenters. The predicted molar refractivity (Wildman–Crippen MR) is 130 cm³/mol. The molecule has 4 nitrogen and oxygen atoms in total. The minimum Gasteiger partial charge on any atom is -0.478 e. The highest BCUT2D eigenvalue weighted by atomic mass is 35.5. The molecule has 0 saturated heterocycles. The second-order valence-corrected chi connectivity index (χ2v) is 8.61. The van der Waals surface area contributed by atoms with Crippen LogP contribution in [-0.4, -0.2) is 17.0 Å². The van der Waals surface area contributed by atoms with Crippen LogP contribution in [0.1, 0.15) is 33.8 Å². The van der Waals surface area contributed by atoms with Gasteiger partial charge in [-0.2, -0.15) is 0 Å². The van der Waals surface area contributed by atoms with Gasteiger partial charge in [-0.1, -0.05) is 84.4 Å². The summed E-state index contributed by atoms with van der Waals surface area (Å²) < 4.78 is 0. The van der Waals surface area contributed by atoms with Gasteiger partial charge in [0.05, 0.1) is 10.6 Å². The van der Waals surface area contributed by atoms with E-state index >= 15 is 0 Å². The smallest absolute Gasteiger partial charge is 0.339 e. The Morgan fingerprint density at radius 2 is 1.44 bits per heavy atom. The minimum atomic E-state index is -1.09. The molecule has 160 valence electrons. The summed E-state index contributed by atoms with van der Waals surface area (Å²) in [6.45, 7) is 0. The number of hydrogen-bond acceptors (Lipinski definition) is 3. The van der Waals surface area contributed by atoms with Crippen LogP contribution < -0.4 is 5.32 Å². The number of carboxylic acids is 1. The topological polar surface area (TPSA) is 66.4 Å². The van der Waals surface area contributed by atoms with Gasteiger partial charge < -0.3 is 10.4 Å². The van der Waals surface area contributed by atoms with E-state index in [9.17, 15) is 14.7 Å². The Balaban J connectivity index is 1.60. The van der Waals surface area contributed by atoms with Crippen molar-refractivity contribution in [2.45, 2.75) is 12.3 Å². The number of amides is 1. The van der Waals surface area contributed by atoms with Crippen molar-refractivity contribution < 1.29 is 14.7 Å². The van der Waals surface area contributed by atoms with Gasteiger partial charge in [-0.05, 0) is 28.8 Å². The van der Waals surface area contributed by atoms with E-state index < -0.39 is 5.97 Å². The third-order valence-corrected chi connectivity index (χ3v) is 6.46. The lowest BCUT2D eigenvalue weighted by Gasteiger charge is -2.18. The summed E-state index contributed by atoms with van der Waals surface area (Å²) in [5, 5.41) is 14.9. The molecule has 4 rings (SSSR count). The van der Waals surface area contributed by atoms with Crippen LogP contribution >= 0.6 is 22.9 Å². The highest BCUT2D eigenvalue weighted by molar-refractivity contribution is 7.14. The van der Waals surface area contributed by atoms with Gasteiger partial charge in [0.25, 0.3) is 0 Å². The summed E-state index contributed by atoms with van der Waals surface area (Å²) in [7, 11) is 0. The van der Waals surface area contributed by atoms with E-state index in [0.717, 1.165) is 16.7 Å². The number of carbonyl (C=O) groups excluding carboxylic acids is 1. The monoisotopic (exact) mass is 461 g/mol. The standard InChI is InChI=1S/C26H20ClNO3S/c27-20-13-11-19(12-14-20)25-24(26(30)31)22(16-32-25)28-23(29)15-21(17-7-3-1-4-8-17)18-9-5-2-6-10-18/h1-14,16,21H,15H2,(H,28,29)(H,30,31). The number of carboxylic acid groups (broad SMARTS) is 1. The van der Waals surface area contributed by atoms with Crippen LogP contribution in [0.3, 0.4) is 0 Å². The van der Waals surface area contributed by atoms with Crippen molar-refractivity contribution >= 4 is 40.5 Å². The number of carbonyl (C=O) groups is 2. The quantitative estimate of drug-likeness (QED) is 0.313. The van der Waals surface area contributed by atoms with Gasteiger partial charge in [0.15, 0.2) is 0 Å². The normalized spacial score (nSPS) is 10.8. The molecule has 0 unspecified atom stereocenters. The molecule has 0 bridgehead atoms. The molecule has 0 fully saturated rings. The number of aromatic carboxylic acids is 1. The van der Waals surface area contributed by atoms with Crippen molar-refractivity contribution in [2.24, 2.45) is 0 Å². The van der Waals surface area contributed by atoms with Crippen molar-refractivity contribution in [3.8, 4) is 10.4 Å². The minimum absolute atomic E-state index is 0.0849. The van der Waals surface area contributed by atoms with Gasteiger partial charge in [0, 0.05) is 22.7 Å². The van der Waals surface area contributed by atoms with E-state index in [1.807, 2.05) is 60.7 Å². The summed E-state index contributed by atoms with van der Waals surface area (Å²) in [5.41, 5.74) is 3.18. The summed E-state index contributed by atoms with van der Waals surface area (Å²) >= 11 is 7.23. The maximum absolute atomic E-state index is 13.0. The molecule has 0 radical (unpaired) electrons. The number of nitrogens with one attached hydrogen (secondary N) is 1. The first-order valence-corrected chi connectivity index (χ1v) is 11.3. The largest absolute Gasteiger partial charge is 0.478 e. The molecular weight excluding hydrogens is 442 g/mol. The van der Waals surface area contributed by atoms with Crippen molar-refractivity contribution in [2.75, 3.05) is 5.32 Å². The van der Waals surface area contributed by atoms with Gasteiger partial charge in [-0.25, -0.2) is 4.79 Å². The summed E-state index contributed by atoms with van der Waals surface area (Å²) in [6, 6.07) is 26.6. The lowest BCUT2D eigenvalue weighted by Crippen LogP contribution is -2.17. The first kappa shape index (κ1) is 21.8. The molecule has 32 heavy (non-hydrogen) atoms. The molecule has 0 spiro atoms. The lowest BCUT2D eigenvalue weighted by molar-refractivity contribution is -0.116. The van der Waals surface area contributed by atoms with Crippen LogP contribution in [0.15, 0.2) is 90.3 Å². The van der Waals surface area contributed by atoms with Crippen LogP contribution in [0.2, 0.25) is 5.02 Å². The average Bonchev–Trinajstić information content (AvgIpc) is 3.23. The highest BCUT2D eigenvalue weighted by Gasteiger charge is 2.23. The van der Waals surface area contributed by atoms with Crippen LogP contribution in [0, 0.1) is 0 Å². The molecule has 6 heteroatoms. The Morgan fingerprint density at radius 3 is 1.97 bits per heavy atom. The maximum Gasteiger partial charge on any atom is 0.339 e. The van der Waals surface area contributed by atoms with E-state index in [0.29, 0.717) is 15.6 Å². The van der Waals surface area contributed by atoms with Crippen molar-refractivity contribution in [3.63, 3.8) is 0 Å². The number of thiophene rings is 1. The fourth-order valence-corrected chi connectivity index (χ4v) is 4.79. The molecule has 1 aromatic heterocycles. The second kappa shape index (κ2) is 9.81. The zero-order valence-electron chi connectivity index (χ0n) is 17.0. The van der Waals surface area contributed by atoms with Crippen LogP contribution in [0.4, 0.5) is 5.69 Å². The third-order valence-electron chi connectivity index (χ3n) is 5.18. The third kappa shape index (κ3) is 4.90. The SMILES string of the molecule is O=C(CC(c1ccccc1)c1ccccc1)Nc1csc(-c2ccc(Cl)cc2)c1C(=O)O. The van der Waals surface area contributed by atoms with Crippen LogP contribution in [0.25, 0.3) is 10.4 Å². The zero-order valence-corrected chi connectivity index (χ0v) is 18.6. The molecule has 3 aromatic carbocycles. The lowest BCUT2D eigenvalue weighted by atomic mass is 9.88. The first-order chi connectivity index (χ1) is 15.5. The fraction of sp³-hybridized carbons (Fsp3) is 0.0769. The van der Waals surface area contributed by atoms with Crippen molar-refractivity contribution in [1.82, 2.24) is 0 Å². The number of hydrogen-bond donors (Lipinski definition) is 2. The summed E-state index contributed by atoms with van der Waals surface area (Å²) in [5.74, 6) is -1.47.